The van der Waals surface area contributed by atoms with Crippen LogP contribution in [-0.2, 0) is 22.3 Å². The van der Waals surface area contributed by atoms with Gasteiger partial charge in [-0.2, -0.15) is 5.10 Å². The van der Waals surface area contributed by atoms with Gasteiger partial charge in [0.15, 0.2) is 0 Å². The second kappa shape index (κ2) is 8.20. The van der Waals surface area contributed by atoms with E-state index in [-0.39, 0.29) is 5.91 Å². The monoisotopic (exact) mass is 441 g/mol. The molecule has 1 aromatic heterocycles. The van der Waals surface area contributed by atoms with Gasteiger partial charge in [0, 0.05) is 21.9 Å². The highest BCUT2D eigenvalue weighted by Gasteiger charge is 2.29. The van der Waals surface area contributed by atoms with E-state index < -0.39 is 10.8 Å². The van der Waals surface area contributed by atoms with Crippen LogP contribution in [0.5, 0.6) is 0 Å². The highest BCUT2D eigenvalue weighted by atomic mass is 32.2. The van der Waals surface area contributed by atoms with E-state index in [1.54, 1.807) is 4.68 Å². The zero-order valence-electron chi connectivity index (χ0n) is 18.0. The first-order chi connectivity index (χ1) is 15.5. The molecule has 1 unspecified atom stereocenters. The number of carbonyl (C=O) groups excluding carboxylic acids is 1. The number of aromatic nitrogens is 2. The molecule has 3 aromatic carbocycles. The quantitative estimate of drug-likeness (QED) is 0.475. The Morgan fingerprint density at radius 3 is 2.38 bits per heavy atom. The van der Waals surface area contributed by atoms with E-state index in [4.69, 9.17) is 5.10 Å². The van der Waals surface area contributed by atoms with Crippen molar-refractivity contribution in [3.05, 3.63) is 101 Å². The molecule has 1 amide bonds. The highest BCUT2D eigenvalue weighted by molar-refractivity contribution is 7.83. The lowest BCUT2D eigenvalue weighted by Crippen LogP contribution is -2.17. The van der Waals surface area contributed by atoms with E-state index in [0.717, 1.165) is 39.2 Å². The van der Waals surface area contributed by atoms with Crippen LogP contribution in [0.1, 0.15) is 32.7 Å². The molecule has 0 saturated carbocycles. The number of nitrogens with one attached hydrogen (secondary N) is 1. The van der Waals surface area contributed by atoms with Crippen molar-refractivity contribution in [2.45, 2.75) is 25.4 Å². The minimum Gasteiger partial charge on any atom is -0.306 e. The van der Waals surface area contributed by atoms with Crippen LogP contribution < -0.4 is 5.32 Å². The summed E-state index contributed by atoms with van der Waals surface area (Å²) in [4.78, 5) is 13.1. The summed E-state index contributed by atoms with van der Waals surface area (Å²) in [5, 5.41) is 7.78. The van der Waals surface area contributed by atoms with Crippen LogP contribution in [0.3, 0.4) is 0 Å². The third kappa shape index (κ3) is 3.67. The fraction of sp³-hybridized carbons (Fsp3) is 0.154. The van der Waals surface area contributed by atoms with Crippen molar-refractivity contribution in [3.8, 4) is 16.8 Å². The summed E-state index contributed by atoms with van der Waals surface area (Å²) in [6.45, 7) is 4.10. The van der Waals surface area contributed by atoms with Crippen LogP contribution >= 0.6 is 0 Å². The fourth-order valence-electron chi connectivity index (χ4n) is 4.02. The van der Waals surface area contributed by atoms with E-state index in [0.29, 0.717) is 22.9 Å². The minimum atomic E-state index is -0.984. The molecular formula is C26H23N3O2S. The molecule has 0 radical (unpaired) electrons. The molecule has 0 fully saturated rings. The molecule has 0 saturated heterocycles. The molecule has 5 nitrogen and oxygen atoms in total. The third-order valence-corrected chi connectivity index (χ3v) is 7.17. The van der Waals surface area contributed by atoms with Gasteiger partial charge in [-0.05, 0) is 54.3 Å². The lowest BCUT2D eigenvalue weighted by atomic mass is 10.0. The molecule has 160 valence electrons. The van der Waals surface area contributed by atoms with Gasteiger partial charge in [0.25, 0.3) is 5.91 Å². The van der Waals surface area contributed by atoms with Crippen LogP contribution in [0.15, 0.2) is 72.8 Å². The summed E-state index contributed by atoms with van der Waals surface area (Å²) < 4.78 is 14.0. The van der Waals surface area contributed by atoms with Gasteiger partial charge in [-0.1, -0.05) is 54.6 Å². The van der Waals surface area contributed by atoms with Gasteiger partial charge in [-0.25, -0.2) is 4.68 Å². The number of fused-ring (bicyclic) bond motifs is 1. The Morgan fingerprint density at radius 2 is 1.62 bits per heavy atom. The largest absolute Gasteiger partial charge is 0.306 e. The van der Waals surface area contributed by atoms with Crippen molar-refractivity contribution in [2.24, 2.45) is 0 Å². The van der Waals surface area contributed by atoms with E-state index in [1.807, 2.05) is 73.7 Å². The summed E-state index contributed by atoms with van der Waals surface area (Å²) in [5.41, 5.74) is 7.53. The van der Waals surface area contributed by atoms with Crippen molar-refractivity contribution in [1.82, 2.24) is 9.78 Å². The van der Waals surface area contributed by atoms with Gasteiger partial charge in [0.05, 0.1) is 22.9 Å². The summed E-state index contributed by atoms with van der Waals surface area (Å²) in [5.74, 6) is 1.22. The van der Waals surface area contributed by atoms with E-state index in [2.05, 4.69) is 18.3 Å². The summed E-state index contributed by atoms with van der Waals surface area (Å²) in [6, 6.07) is 23.6. The topological polar surface area (TPSA) is 64.0 Å². The maximum absolute atomic E-state index is 13.1. The first-order valence-electron chi connectivity index (χ1n) is 10.5. The molecule has 6 heteroatoms. The van der Waals surface area contributed by atoms with Crippen LogP contribution in [0.2, 0.25) is 0 Å². The van der Waals surface area contributed by atoms with Crippen LogP contribution in [-0.4, -0.2) is 19.9 Å². The number of aryl methyl sites for hydroxylation is 1. The van der Waals surface area contributed by atoms with Gasteiger partial charge in [-0.3, -0.25) is 9.00 Å². The van der Waals surface area contributed by atoms with E-state index in [9.17, 15) is 9.00 Å². The predicted molar refractivity (Wildman–Crippen MR) is 128 cm³/mol. The Hall–Kier alpha value is -3.51. The number of amides is 1. The molecule has 0 spiro atoms. The predicted octanol–water partition coefficient (Wildman–Crippen LogP) is 5.17. The highest BCUT2D eigenvalue weighted by Crippen LogP contribution is 2.33. The van der Waals surface area contributed by atoms with Crippen molar-refractivity contribution in [3.63, 3.8) is 0 Å². The SMILES string of the molecule is Cc1cccc(-n2nc3c(c2NC(=O)c2ccc(-c4ccccc4)cc2)CS(=O)C3)c1C. The molecule has 5 rings (SSSR count). The standard InChI is InChI=1S/C26H23N3O2S/c1-17-7-6-10-24(18(17)2)29-25(22-15-32(31)16-23(22)28-29)27-26(30)21-13-11-20(12-14-21)19-8-4-3-5-9-19/h3-14H,15-16H2,1-2H3,(H,27,30). The molecule has 1 N–H and O–H groups in total. The van der Waals surface area contributed by atoms with Crippen molar-refractivity contribution < 1.29 is 9.00 Å². The lowest BCUT2D eigenvalue weighted by molar-refractivity contribution is 0.102. The number of nitrogens with zero attached hydrogens (tertiary/aromatic N) is 2. The molecule has 0 bridgehead atoms. The summed E-state index contributed by atoms with van der Waals surface area (Å²) in [7, 11) is -0.984. The third-order valence-electron chi connectivity index (χ3n) is 5.96. The maximum atomic E-state index is 13.1. The van der Waals surface area contributed by atoms with Gasteiger partial charge in [0.1, 0.15) is 5.82 Å². The van der Waals surface area contributed by atoms with Gasteiger partial charge < -0.3 is 5.32 Å². The number of rotatable bonds is 4. The second-order valence-corrected chi connectivity index (χ2v) is 9.49. The van der Waals surface area contributed by atoms with Crippen molar-refractivity contribution >= 4 is 22.5 Å². The van der Waals surface area contributed by atoms with Gasteiger partial charge in [0.2, 0.25) is 0 Å². The first-order valence-corrected chi connectivity index (χ1v) is 12.0. The van der Waals surface area contributed by atoms with E-state index >= 15 is 0 Å². The first kappa shape index (κ1) is 20.4. The summed E-state index contributed by atoms with van der Waals surface area (Å²) >= 11 is 0. The summed E-state index contributed by atoms with van der Waals surface area (Å²) in [6.07, 6.45) is 0. The molecule has 1 atom stereocenters. The molecule has 2 heterocycles. The Balaban J connectivity index is 1.49. The Kier molecular flexibility index (Phi) is 5.23. The lowest BCUT2D eigenvalue weighted by Gasteiger charge is -2.14. The van der Waals surface area contributed by atoms with Crippen molar-refractivity contribution in [2.75, 3.05) is 5.32 Å². The Morgan fingerprint density at radius 1 is 0.906 bits per heavy atom. The molecule has 0 aliphatic carbocycles. The minimum absolute atomic E-state index is 0.212. The average molecular weight is 442 g/mol. The second-order valence-electron chi connectivity index (χ2n) is 8.03. The molecule has 1 aliphatic rings. The number of hydrogen-bond acceptors (Lipinski definition) is 3. The smallest absolute Gasteiger partial charge is 0.256 e. The van der Waals surface area contributed by atoms with Crippen LogP contribution in [0.4, 0.5) is 5.82 Å². The zero-order valence-corrected chi connectivity index (χ0v) is 18.8. The Labute approximate surface area is 189 Å². The average Bonchev–Trinajstić information content (AvgIpc) is 3.33. The molecular weight excluding hydrogens is 418 g/mol. The fourth-order valence-corrected chi connectivity index (χ4v) is 5.28. The molecule has 1 aliphatic heterocycles. The van der Waals surface area contributed by atoms with Crippen LogP contribution in [0, 0.1) is 13.8 Å². The number of anilines is 1. The number of carbonyl (C=O) groups is 1. The van der Waals surface area contributed by atoms with Gasteiger partial charge >= 0.3 is 0 Å². The molecule has 32 heavy (non-hydrogen) atoms. The number of hydrogen-bond donors (Lipinski definition) is 1. The Bertz CT molecular complexity index is 1340. The van der Waals surface area contributed by atoms with Crippen LogP contribution in [0.25, 0.3) is 16.8 Å². The molecule has 4 aromatic rings. The zero-order chi connectivity index (χ0) is 22.2. The number of benzene rings is 3. The van der Waals surface area contributed by atoms with Gasteiger partial charge in [-0.15, -0.1) is 0 Å². The normalized spacial score (nSPS) is 14.9. The van der Waals surface area contributed by atoms with Crippen molar-refractivity contribution in [1.29, 1.82) is 0 Å². The maximum Gasteiger partial charge on any atom is 0.256 e. The van der Waals surface area contributed by atoms with E-state index in [1.165, 1.54) is 0 Å².